The first kappa shape index (κ1) is 24.9. The van der Waals surface area contributed by atoms with Crippen LogP contribution in [0.25, 0.3) is 6.08 Å². The van der Waals surface area contributed by atoms with Crippen LogP contribution in [-0.4, -0.2) is 41.7 Å². The van der Waals surface area contributed by atoms with Crippen LogP contribution in [0, 0.1) is 0 Å². The highest BCUT2D eigenvalue weighted by atomic mass is 79.9. The van der Waals surface area contributed by atoms with Gasteiger partial charge in [-0.25, -0.2) is 0 Å². The molecule has 1 N–H and O–H groups in total. The zero-order valence-electron chi connectivity index (χ0n) is 18.4. The highest BCUT2D eigenvalue weighted by Gasteiger charge is 2.36. The Balaban J connectivity index is 1.69. The van der Waals surface area contributed by atoms with Crippen molar-refractivity contribution in [2.45, 2.75) is 26.7 Å². The first-order valence-corrected chi connectivity index (χ1v) is 12.2. The Hall–Kier alpha value is -2.78. The van der Waals surface area contributed by atoms with E-state index in [1.54, 1.807) is 48.5 Å². The zero-order chi connectivity index (χ0) is 23.8. The number of nitrogens with zero attached hydrogens (tertiary/aromatic N) is 1. The molecule has 9 heteroatoms. The quantitative estimate of drug-likeness (QED) is 0.312. The van der Waals surface area contributed by atoms with E-state index in [1.807, 2.05) is 6.92 Å². The summed E-state index contributed by atoms with van der Waals surface area (Å²) < 4.78 is 12.3. The molecule has 33 heavy (non-hydrogen) atoms. The van der Waals surface area contributed by atoms with Crippen LogP contribution < -0.4 is 14.8 Å². The van der Waals surface area contributed by atoms with Crippen molar-refractivity contribution in [1.29, 1.82) is 0 Å². The Labute approximate surface area is 205 Å². The van der Waals surface area contributed by atoms with Gasteiger partial charge in [0.25, 0.3) is 11.1 Å². The maximum absolute atomic E-state index is 12.8. The molecule has 1 saturated heterocycles. The number of carbonyl (C=O) groups is 3. The summed E-state index contributed by atoms with van der Waals surface area (Å²) in [6, 6.07) is 12.4. The molecule has 0 bridgehead atoms. The van der Waals surface area contributed by atoms with Gasteiger partial charge in [0.2, 0.25) is 5.91 Å². The lowest BCUT2D eigenvalue weighted by atomic mass is 10.2. The minimum Gasteiger partial charge on any atom is -0.490 e. The van der Waals surface area contributed by atoms with Crippen molar-refractivity contribution in [3.63, 3.8) is 0 Å². The number of ether oxygens (including phenoxy) is 2. The van der Waals surface area contributed by atoms with Gasteiger partial charge in [-0.3, -0.25) is 19.3 Å². The van der Waals surface area contributed by atoms with Crippen LogP contribution in [0.4, 0.5) is 10.5 Å². The number of benzene rings is 2. The highest BCUT2D eigenvalue weighted by Crippen LogP contribution is 2.34. The van der Waals surface area contributed by atoms with Crippen LogP contribution in [0.5, 0.6) is 11.5 Å². The summed E-state index contributed by atoms with van der Waals surface area (Å²) in [4.78, 5) is 38.7. The van der Waals surface area contributed by atoms with Gasteiger partial charge in [-0.05, 0) is 73.1 Å². The van der Waals surface area contributed by atoms with Gasteiger partial charge in [0.1, 0.15) is 6.54 Å². The SMILES string of the molecule is CCCCOc1ccc(/C=C2\SC(=O)N(CC(=O)Nc3ccc(Br)cc3)C2=O)cc1OCC. The van der Waals surface area contributed by atoms with Gasteiger partial charge in [-0.2, -0.15) is 0 Å². The predicted molar refractivity (Wildman–Crippen MR) is 133 cm³/mol. The number of amides is 3. The lowest BCUT2D eigenvalue weighted by molar-refractivity contribution is -0.127. The molecule has 7 nitrogen and oxygen atoms in total. The molecule has 0 saturated carbocycles. The molecule has 0 atom stereocenters. The van der Waals surface area contributed by atoms with Crippen LogP contribution in [0.2, 0.25) is 0 Å². The van der Waals surface area contributed by atoms with Crippen molar-refractivity contribution < 1.29 is 23.9 Å². The monoisotopic (exact) mass is 532 g/mol. The summed E-state index contributed by atoms with van der Waals surface area (Å²) in [5.41, 5.74) is 1.28. The average Bonchev–Trinajstić information content (AvgIpc) is 3.04. The molecule has 0 unspecified atom stereocenters. The van der Waals surface area contributed by atoms with Crippen LogP contribution in [-0.2, 0) is 9.59 Å². The summed E-state index contributed by atoms with van der Waals surface area (Å²) >= 11 is 4.14. The van der Waals surface area contributed by atoms with Crippen molar-refractivity contribution in [2.24, 2.45) is 0 Å². The average molecular weight is 533 g/mol. The topological polar surface area (TPSA) is 84.9 Å². The van der Waals surface area contributed by atoms with Crippen molar-refractivity contribution in [1.82, 2.24) is 4.90 Å². The molecule has 174 valence electrons. The van der Waals surface area contributed by atoms with E-state index in [9.17, 15) is 14.4 Å². The highest BCUT2D eigenvalue weighted by molar-refractivity contribution is 9.10. The van der Waals surface area contributed by atoms with E-state index in [0.717, 1.165) is 34.0 Å². The van der Waals surface area contributed by atoms with Crippen LogP contribution in [0.1, 0.15) is 32.3 Å². The molecular formula is C24H25BrN2O5S. The summed E-state index contributed by atoms with van der Waals surface area (Å²) in [6.45, 7) is 4.68. The zero-order valence-corrected chi connectivity index (χ0v) is 20.8. The number of unbranched alkanes of at least 4 members (excludes halogenated alkanes) is 1. The molecule has 1 heterocycles. The number of rotatable bonds is 10. The van der Waals surface area contributed by atoms with E-state index < -0.39 is 17.1 Å². The van der Waals surface area contributed by atoms with Crippen LogP contribution in [0.15, 0.2) is 51.8 Å². The molecule has 3 rings (SSSR count). The normalized spacial score (nSPS) is 14.6. The van der Waals surface area contributed by atoms with Crippen molar-refractivity contribution in [2.75, 3.05) is 25.1 Å². The number of anilines is 1. The molecule has 1 aliphatic heterocycles. The van der Waals surface area contributed by atoms with Crippen LogP contribution in [0.3, 0.4) is 0 Å². The number of carbonyl (C=O) groups excluding carboxylic acids is 3. The van der Waals surface area contributed by atoms with E-state index in [2.05, 4.69) is 28.2 Å². The molecule has 2 aromatic carbocycles. The number of hydrogen-bond donors (Lipinski definition) is 1. The van der Waals surface area contributed by atoms with Gasteiger partial charge in [0.15, 0.2) is 11.5 Å². The van der Waals surface area contributed by atoms with Gasteiger partial charge < -0.3 is 14.8 Å². The molecule has 1 aliphatic rings. The molecule has 0 aliphatic carbocycles. The van der Waals surface area contributed by atoms with E-state index in [-0.39, 0.29) is 11.4 Å². The predicted octanol–water partition coefficient (Wildman–Crippen LogP) is 5.70. The van der Waals surface area contributed by atoms with E-state index in [1.165, 1.54) is 0 Å². The van der Waals surface area contributed by atoms with E-state index in [0.29, 0.717) is 36.0 Å². The van der Waals surface area contributed by atoms with E-state index >= 15 is 0 Å². The molecule has 0 spiro atoms. The third kappa shape index (κ3) is 6.85. The number of nitrogens with one attached hydrogen (secondary N) is 1. The molecule has 0 radical (unpaired) electrons. The summed E-state index contributed by atoms with van der Waals surface area (Å²) in [5, 5.41) is 2.20. The first-order valence-electron chi connectivity index (χ1n) is 10.6. The van der Waals surface area contributed by atoms with Gasteiger partial charge in [-0.1, -0.05) is 35.3 Å². The lowest BCUT2D eigenvalue weighted by Gasteiger charge is -2.13. The minimum atomic E-state index is -0.503. The molecule has 0 aromatic heterocycles. The third-order valence-corrected chi connectivity index (χ3v) is 6.06. The summed E-state index contributed by atoms with van der Waals surface area (Å²) in [6.07, 6.45) is 3.59. The van der Waals surface area contributed by atoms with Gasteiger partial charge in [0, 0.05) is 10.2 Å². The fourth-order valence-electron chi connectivity index (χ4n) is 2.99. The van der Waals surface area contributed by atoms with Crippen molar-refractivity contribution in [3.05, 3.63) is 57.4 Å². The second kappa shape index (κ2) is 11.9. The summed E-state index contributed by atoms with van der Waals surface area (Å²) in [5.74, 6) is 0.265. The van der Waals surface area contributed by atoms with E-state index in [4.69, 9.17) is 9.47 Å². The Kier molecular flexibility index (Phi) is 8.96. The fourth-order valence-corrected chi connectivity index (χ4v) is 4.10. The Morgan fingerprint density at radius 1 is 1.09 bits per heavy atom. The first-order chi connectivity index (χ1) is 15.9. The lowest BCUT2D eigenvalue weighted by Crippen LogP contribution is -2.36. The number of imide groups is 1. The second-order valence-electron chi connectivity index (χ2n) is 7.16. The number of hydrogen-bond acceptors (Lipinski definition) is 6. The maximum Gasteiger partial charge on any atom is 0.294 e. The number of thioether (sulfide) groups is 1. The van der Waals surface area contributed by atoms with Crippen molar-refractivity contribution >= 4 is 56.5 Å². The maximum atomic E-state index is 12.8. The standard InChI is InChI=1S/C24H25BrN2O5S/c1-3-5-12-32-19-11-6-16(13-20(19)31-4-2)14-21-23(29)27(24(30)33-21)15-22(28)26-18-9-7-17(25)8-10-18/h6-11,13-14H,3-5,12,15H2,1-2H3,(H,26,28)/b21-14-. The molecular weight excluding hydrogens is 508 g/mol. The largest absolute Gasteiger partial charge is 0.490 e. The van der Waals surface area contributed by atoms with Gasteiger partial charge in [-0.15, -0.1) is 0 Å². The van der Waals surface area contributed by atoms with Gasteiger partial charge in [0.05, 0.1) is 18.1 Å². The molecule has 2 aromatic rings. The Morgan fingerprint density at radius 3 is 2.55 bits per heavy atom. The fraction of sp³-hybridized carbons (Fsp3) is 0.292. The smallest absolute Gasteiger partial charge is 0.294 e. The molecule has 1 fully saturated rings. The summed E-state index contributed by atoms with van der Waals surface area (Å²) in [7, 11) is 0. The third-order valence-electron chi connectivity index (χ3n) is 4.62. The van der Waals surface area contributed by atoms with Crippen molar-refractivity contribution in [3.8, 4) is 11.5 Å². The minimum absolute atomic E-state index is 0.249. The van der Waals surface area contributed by atoms with Gasteiger partial charge >= 0.3 is 0 Å². The second-order valence-corrected chi connectivity index (χ2v) is 9.07. The Morgan fingerprint density at radius 2 is 1.85 bits per heavy atom. The Bertz CT molecular complexity index is 1060. The molecule has 3 amide bonds. The number of halogens is 1. The van der Waals surface area contributed by atoms with Crippen LogP contribution >= 0.6 is 27.7 Å².